The van der Waals surface area contributed by atoms with Gasteiger partial charge in [0, 0.05) is 33.3 Å². The minimum absolute atomic E-state index is 0.0105. The highest BCUT2D eigenvalue weighted by Crippen LogP contribution is 2.37. The number of amides is 6. The van der Waals surface area contributed by atoms with Gasteiger partial charge in [-0.3, -0.25) is 28.8 Å². The molecule has 0 spiro atoms. The fourth-order valence-electron chi connectivity index (χ4n) is 4.10. The number of benzene rings is 2. The molecule has 2 unspecified atom stereocenters. The molecule has 2 rings (SSSR count). The Kier molecular flexibility index (Phi) is 21.6. The van der Waals surface area contributed by atoms with Crippen LogP contribution in [-0.2, 0) is 9.59 Å². The number of rotatable bonds is 18. The van der Waals surface area contributed by atoms with Crippen LogP contribution in [0.1, 0.15) is 47.9 Å². The first-order valence-electron chi connectivity index (χ1n) is 14.9. The van der Waals surface area contributed by atoms with E-state index in [1.165, 1.54) is 0 Å². The van der Waals surface area contributed by atoms with Crippen molar-refractivity contribution in [2.24, 2.45) is 0 Å². The number of nitrogens with one attached hydrogen (secondary N) is 6. The van der Waals surface area contributed by atoms with Gasteiger partial charge in [0.1, 0.15) is 13.2 Å². The fourth-order valence-corrected chi connectivity index (χ4v) is 12.9. The SMILES string of the molecule is O=C(CO)Nc1c(I)c(C(=O)NCCCNC(=O)c2c(I)c(NC(=O)CO)c(I)c(C(=O)NCC(O)CO)c2I)c(I)c(C(=O)NCC(O)CO)c1I. The molecule has 292 valence electrons. The number of aliphatic hydroxyl groups excluding tert-OH is 6. The van der Waals surface area contributed by atoms with Gasteiger partial charge in [-0.25, -0.2) is 0 Å². The zero-order valence-corrected chi connectivity index (χ0v) is 39.9. The molecule has 0 aromatic heterocycles. The monoisotopic (exact) mass is 1420 g/mol. The Morgan fingerprint density at radius 2 is 0.755 bits per heavy atom. The highest BCUT2D eigenvalue weighted by atomic mass is 127. The van der Waals surface area contributed by atoms with Gasteiger partial charge >= 0.3 is 0 Å². The Morgan fingerprint density at radius 3 is 1.02 bits per heavy atom. The Balaban J connectivity index is 2.32. The zero-order valence-electron chi connectivity index (χ0n) is 26.9. The summed E-state index contributed by atoms with van der Waals surface area (Å²) in [5.41, 5.74) is 0.298. The second-order valence-corrected chi connectivity index (χ2v) is 17.0. The van der Waals surface area contributed by atoms with Gasteiger partial charge in [-0.15, -0.1) is 0 Å². The fraction of sp³-hybridized carbons (Fsp3) is 0.379. The molecule has 2 aromatic carbocycles. The van der Waals surface area contributed by atoms with Gasteiger partial charge in [-0.2, -0.15) is 0 Å². The molecule has 24 heteroatoms. The molecule has 0 saturated heterocycles. The van der Waals surface area contributed by atoms with Gasteiger partial charge in [0.15, 0.2) is 0 Å². The first-order chi connectivity index (χ1) is 25.0. The van der Waals surface area contributed by atoms with Crippen molar-refractivity contribution in [3.63, 3.8) is 0 Å². The standard InChI is InChI=1S/C29H32I6N6O12/c30-18-14(20(32)24(40-12(48)8-44)22(34)16(18)28(52)38-4-10(46)6-42)26(50)36-2-1-3-37-27(51)15-19(31)17(29(53)39-5-11(47)7-43)23(35)25(21(15)33)41-13(49)9-45/h10-11,42-47H,1-9H2,(H,36,50)(H,37,51)(H,38,52)(H,39,53)(H,40,48)(H,41,49). The summed E-state index contributed by atoms with van der Waals surface area (Å²) in [4.78, 5) is 77.5. The Hall–Kier alpha value is -0.600. The van der Waals surface area contributed by atoms with Gasteiger partial charge in [0.25, 0.3) is 23.6 Å². The van der Waals surface area contributed by atoms with E-state index in [-0.39, 0.29) is 87.6 Å². The lowest BCUT2D eigenvalue weighted by atomic mass is 10.1. The van der Waals surface area contributed by atoms with Crippen molar-refractivity contribution in [2.45, 2.75) is 18.6 Å². The largest absolute Gasteiger partial charge is 0.394 e. The number of carbonyl (C=O) groups is 6. The molecule has 12 N–H and O–H groups in total. The minimum Gasteiger partial charge on any atom is -0.394 e. The molecule has 0 aliphatic heterocycles. The van der Waals surface area contributed by atoms with E-state index in [1.54, 1.807) is 0 Å². The van der Waals surface area contributed by atoms with Crippen molar-refractivity contribution in [3.05, 3.63) is 43.7 Å². The molecule has 0 heterocycles. The van der Waals surface area contributed by atoms with Crippen molar-refractivity contribution in [2.75, 3.05) is 63.2 Å². The van der Waals surface area contributed by atoms with Crippen molar-refractivity contribution in [3.8, 4) is 0 Å². The lowest BCUT2D eigenvalue weighted by molar-refractivity contribution is -0.119. The number of hydrogen-bond donors (Lipinski definition) is 12. The smallest absolute Gasteiger partial charge is 0.253 e. The molecule has 6 amide bonds. The number of carbonyl (C=O) groups excluding carboxylic acids is 6. The van der Waals surface area contributed by atoms with Crippen LogP contribution in [0.25, 0.3) is 0 Å². The molecule has 53 heavy (non-hydrogen) atoms. The van der Waals surface area contributed by atoms with E-state index in [9.17, 15) is 49.2 Å². The number of halogens is 6. The molecule has 0 fully saturated rings. The van der Waals surface area contributed by atoms with E-state index in [2.05, 4.69) is 31.9 Å². The van der Waals surface area contributed by atoms with Crippen LogP contribution in [0.5, 0.6) is 0 Å². The minimum atomic E-state index is -1.24. The zero-order chi connectivity index (χ0) is 40.2. The maximum absolute atomic E-state index is 13.5. The second-order valence-electron chi connectivity index (χ2n) is 10.5. The van der Waals surface area contributed by atoms with Gasteiger partial charge in [0.2, 0.25) is 11.8 Å². The van der Waals surface area contributed by atoms with E-state index in [4.69, 9.17) is 10.2 Å². The number of aliphatic hydroxyl groups is 6. The average Bonchev–Trinajstić information content (AvgIpc) is 3.12. The first-order valence-corrected chi connectivity index (χ1v) is 21.4. The molecule has 0 aliphatic carbocycles. The predicted octanol–water partition coefficient (Wildman–Crippen LogP) is -0.108. The molecule has 2 aromatic rings. The van der Waals surface area contributed by atoms with E-state index < -0.39 is 74.1 Å². The average molecular weight is 1420 g/mol. The molecule has 0 saturated carbocycles. The third-order valence-electron chi connectivity index (χ3n) is 6.70. The van der Waals surface area contributed by atoms with Crippen LogP contribution >= 0.6 is 136 Å². The third kappa shape index (κ3) is 13.2. The van der Waals surface area contributed by atoms with Crippen molar-refractivity contribution < 1.29 is 59.4 Å². The summed E-state index contributed by atoms with van der Waals surface area (Å²) >= 11 is 10.9. The van der Waals surface area contributed by atoms with E-state index >= 15 is 0 Å². The van der Waals surface area contributed by atoms with E-state index in [1.807, 2.05) is 136 Å². The van der Waals surface area contributed by atoms with Gasteiger partial charge in [-0.1, -0.05) is 0 Å². The lowest BCUT2D eigenvalue weighted by Gasteiger charge is -2.20. The van der Waals surface area contributed by atoms with Gasteiger partial charge < -0.3 is 62.5 Å². The van der Waals surface area contributed by atoms with Crippen LogP contribution in [0.3, 0.4) is 0 Å². The highest BCUT2D eigenvalue weighted by molar-refractivity contribution is 14.1. The molecular weight excluding hydrogens is 1390 g/mol. The van der Waals surface area contributed by atoms with Crippen molar-refractivity contribution in [1.82, 2.24) is 21.3 Å². The maximum Gasteiger partial charge on any atom is 0.253 e. The summed E-state index contributed by atoms with van der Waals surface area (Å²) in [5, 5.41) is 71.6. The molecule has 2 atom stereocenters. The highest BCUT2D eigenvalue weighted by Gasteiger charge is 2.30. The van der Waals surface area contributed by atoms with Gasteiger partial charge in [-0.05, 0) is 142 Å². The number of anilines is 2. The summed E-state index contributed by atoms with van der Waals surface area (Å²) in [6.07, 6.45) is -2.27. The molecule has 18 nitrogen and oxygen atoms in total. The van der Waals surface area contributed by atoms with Crippen LogP contribution in [0.15, 0.2) is 0 Å². The van der Waals surface area contributed by atoms with Crippen LogP contribution in [0, 0.1) is 21.4 Å². The van der Waals surface area contributed by atoms with Crippen LogP contribution in [0.4, 0.5) is 11.4 Å². The molecule has 0 bridgehead atoms. The van der Waals surface area contributed by atoms with Gasteiger partial charge in [0.05, 0.1) is 73.3 Å². The first kappa shape index (κ1) is 48.5. The van der Waals surface area contributed by atoms with E-state index in [0.717, 1.165) is 0 Å². The topological polar surface area (TPSA) is 296 Å². The Morgan fingerprint density at radius 1 is 0.472 bits per heavy atom. The quantitative estimate of drug-likeness (QED) is 0.0689. The number of hydrogen-bond acceptors (Lipinski definition) is 12. The van der Waals surface area contributed by atoms with Crippen molar-refractivity contribution in [1.29, 1.82) is 0 Å². The molecular formula is C29H32I6N6O12. The summed E-state index contributed by atoms with van der Waals surface area (Å²) < 4.78 is 1.50. The normalized spacial score (nSPS) is 12.0. The van der Waals surface area contributed by atoms with Crippen LogP contribution in [-0.4, -0.2) is 131 Å². The summed E-state index contributed by atoms with van der Waals surface area (Å²) in [6, 6.07) is 0. The van der Waals surface area contributed by atoms with E-state index in [0.29, 0.717) is 0 Å². The van der Waals surface area contributed by atoms with Crippen molar-refractivity contribution >= 4 is 182 Å². The third-order valence-corrected chi connectivity index (χ3v) is 13.2. The maximum atomic E-state index is 13.5. The molecule has 0 aliphatic rings. The van der Waals surface area contributed by atoms with Crippen LogP contribution in [0.2, 0.25) is 0 Å². The second kappa shape index (κ2) is 23.6. The molecule has 0 radical (unpaired) electrons. The summed E-state index contributed by atoms with van der Waals surface area (Å²) in [6.45, 7) is -3.46. The Labute approximate surface area is 383 Å². The lowest BCUT2D eigenvalue weighted by Crippen LogP contribution is -2.36. The summed E-state index contributed by atoms with van der Waals surface area (Å²) in [7, 11) is 0. The summed E-state index contributed by atoms with van der Waals surface area (Å²) in [5.74, 6) is -4.22. The predicted molar refractivity (Wildman–Crippen MR) is 241 cm³/mol. The Bertz CT molecular complexity index is 1630. The van der Waals surface area contributed by atoms with Crippen LogP contribution < -0.4 is 31.9 Å².